The molecule has 7 heteroatoms. The van der Waals surface area contributed by atoms with Gasteiger partial charge in [0.05, 0.1) is 17.8 Å². The zero-order valence-electron chi connectivity index (χ0n) is 23.8. The van der Waals surface area contributed by atoms with Gasteiger partial charge in [0.1, 0.15) is 24.2 Å². The van der Waals surface area contributed by atoms with E-state index in [-0.39, 0.29) is 24.7 Å². The van der Waals surface area contributed by atoms with Crippen LogP contribution in [0.3, 0.4) is 0 Å². The van der Waals surface area contributed by atoms with Crippen LogP contribution in [-0.2, 0) is 13.0 Å². The standard InChI is InChI=1S/C32H46N2O5/c1-23(2)39-30-17-7-6-12-25(30)21-34-19-8-4-5-11-24-13-9-16-27(32(37)33(3)26-14-10-15-26)31(24)38-22-29(36)28(35)18-20-34/h6-7,9,12-13,16-17,23,26,28-29,35-36H,4-5,8,10-11,14-15,18-22H2,1-3H3/t28-,29+/m0/s1. The molecule has 2 aromatic carbocycles. The number of amides is 1. The first-order valence-corrected chi connectivity index (χ1v) is 14.7. The van der Waals surface area contributed by atoms with E-state index in [2.05, 4.69) is 11.0 Å². The van der Waals surface area contributed by atoms with Gasteiger partial charge in [-0.2, -0.15) is 0 Å². The predicted molar refractivity (Wildman–Crippen MR) is 153 cm³/mol. The van der Waals surface area contributed by atoms with Crippen LogP contribution in [0.2, 0.25) is 0 Å². The molecule has 4 rings (SSSR count). The largest absolute Gasteiger partial charge is 0.491 e. The summed E-state index contributed by atoms with van der Waals surface area (Å²) in [5, 5.41) is 21.6. The maximum atomic E-state index is 13.4. The zero-order chi connectivity index (χ0) is 27.8. The number of para-hydroxylation sites is 2. The SMILES string of the molecule is CC(C)Oc1ccccc1CN1CCCCCc2cccc(C(=O)N(C)C3CCC3)c2OC[C@@H](O)[C@@H](O)CC1. The molecule has 1 heterocycles. The Morgan fingerprint density at radius 3 is 2.54 bits per heavy atom. The van der Waals surface area contributed by atoms with Crippen molar-refractivity contribution < 1.29 is 24.5 Å². The lowest BCUT2D eigenvalue weighted by molar-refractivity contribution is -0.0165. The summed E-state index contributed by atoms with van der Waals surface area (Å²) in [6.45, 7) is 6.28. The maximum absolute atomic E-state index is 13.4. The number of ether oxygens (including phenoxy) is 2. The summed E-state index contributed by atoms with van der Waals surface area (Å²) in [5.41, 5.74) is 2.66. The summed E-state index contributed by atoms with van der Waals surface area (Å²) in [6, 6.07) is 14.2. The van der Waals surface area contributed by atoms with Crippen molar-refractivity contribution in [2.24, 2.45) is 0 Å². The number of fused-ring (bicyclic) bond motifs is 1. The molecule has 1 saturated carbocycles. The van der Waals surface area contributed by atoms with Gasteiger partial charge in [-0.1, -0.05) is 36.8 Å². The second kappa shape index (κ2) is 14.1. The van der Waals surface area contributed by atoms with Crippen LogP contribution in [0.1, 0.15) is 80.3 Å². The average molecular weight is 539 g/mol. The number of hydrogen-bond donors (Lipinski definition) is 2. The van der Waals surface area contributed by atoms with Crippen LogP contribution in [-0.4, -0.2) is 77.0 Å². The minimum absolute atomic E-state index is 0.0370. The molecule has 2 aliphatic rings. The van der Waals surface area contributed by atoms with E-state index in [0.29, 0.717) is 24.3 Å². The van der Waals surface area contributed by atoms with Crippen molar-refractivity contribution >= 4 is 5.91 Å². The van der Waals surface area contributed by atoms with Gasteiger partial charge in [-0.25, -0.2) is 0 Å². The van der Waals surface area contributed by atoms with Crippen LogP contribution in [0.5, 0.6) is 11.5 Å². The van der Waals surface area contributed by atoms with E-state index in [4.69, 9.17) is 9.47 Å². The topological polar surface area (TPSA) is 82.5 Å². The number of benzene rings is 2. The molecular formula is C32H46N2O5. The molecule has 1 aliphatic heterocycles. The van der Waals surface area contributed by atoms with Crippen LogP contribution in [0, 0.1) is 0 Å². The summed E-state index contributed by atoms with van der Waals surface area (Å²) in [5.74, 6) is 1.41. The Morgan fingerprint density at radius 2 is 1.79 bits per heavy atom. The van der Waals surface area contributed by atoms with Gasteiger partial charge in [0.25, 0.3) is 5.91 Å². The fourth-order valence-electron chi connectivity index (χ4n) is 5.38. The Balaban J connectivity index is 1.47. The summed E-state index contributed by atoms with van der Waals surface area (Å²) in [6.07, 6.45) is 5.63. The third kappa shape index (κ3) is 7.96. The van der Waals surface area contributed by atoms with Gasteiger partial charge in [0.15, 0.2) is 0 Å². The quantitative estimate of drug-likeness (QED) is 0.549. The Kier molecular flexibility index (Phi) is 10.7. The summed E-state index contributed by atoms with van der Waals surface area (Å²) >= 11 is 0. The van der Waals surface area contributed by atoms with Gasteiger partial charge >= 0.3 is 0 Å². The van der Waals surface area contributed by atoms with E-state index < -0.39 is 12.2 Å². The molecule has 0 radical (unpaired) electrons. The van der Waals surface area contributed by atoms with Crippen molar-refractivity contribution in [2.75, 3.05) is 26.7 Å². The van der Waals surface area contributed by atoms with Crippen molar-refractivity contribution in [2.45, 2.75) is 96.1 Å². The van der Waals surface area contributed by atoms with E-state index in [9.17, 15) is 15.0 Å². The van der Waals surface area contributed by atoms with Crippen molar-refractivity contribution in [3.8, 4) is 11.5 Å². The van der Waals surface area contributed by atoms with Crippen molar-refractivity contribution in [3.05, 3.63) is 59.2 Å². The van der Waals surface area contributed by atoms with Crippen LogP contribution in [0.25, 0.3) is 0 Å². The first-order valence-electron chi connectivity index (χ1n) is 14.7. The third-order valence-electron chi connectivity index (χ3n) is 8.00. The molecule has 0 aromatic heterocycles. The maximum Gasteiger partial charge on any atom is 0.257 e. The van der Waals surface area contributed by atoms with Crippen LogP contribution in [0.4, 0.5) is 0 Å². The molecule has 0 saturated heterocycles. The van der Waals surface area contributed by atoms with Gasteiger partial charge in [-0.15, -0.1) is 0 Å². The molecule has 2 aromatic rings. The van der Waals surface area contributed by atoms with Gasteiger partial charge < -0.3 is 24.6 Å². The van der Waals surface area contributed by atoms with Gasteiger partial charge in [0, 0.05) is 31.7 Å². The molecule has 0 unspecified atom stereocenters. The lowest BCUT2D eigenvalue weighted by Gasteiger charge is -2.35. The van der Waals surface area contributed by atoms with E-state index in [1.54, 1.807) is 0 Å². The lowest BCUT2D eigenvalue weighted by atomic mass is 9.91. The van der Waals surface area contributed by atoms with E-state index >= 15 is 0 Å². The van der Waals surface area contributed by atoms with Crippen molar-refractivity contribution in [3.63, 3.8) is 0 Å². The van der Waals surface area contributed by atoms with E-state index in [1.807, 2.05) is 62.2 Å². The van der Waals surface area contributed by atoms with E-state index in [1.165, 1.54) is 0 Å². The fraction of sp³-hybridized carbons (Fsp3) is 0.594. The molecule has 0 spiro atoms. The first kappa shape index (κ1) is 29.4. The number of nitrogens with zero attached hydrogens (tertiary/aromatic N) is 2. The smallest absolute Gasteiger partial charge is 0.257 e. The summed E-state index contributed by atoms with van der Waals surface area (Å²) in [7, 11) is 1.87. The highest BCUT2D eigenvalue weighted by atomic mass is 16.5. The van der Waals surface area contributed by atoms with Crippen molar-refractivity contribution in [1.29, 1.82) is 0 Å². The van der Waals surface area contributed by atoms with Crippen molar-refractivity contribution in [1.82, 2.24) is 9.80 Å². The van der Waals surface area contributed by atoms with Crippen LogP contribution < -0.4 is 9.47 Å². The molecular weight excluding hydrogens is 492 g/mol. The molecule has 1 aliphatic carbocycles. The first-order chi connectivity index (χ1) is 18.8. The Labute approximate surface area is 233 Å². The normalized spacial score (nSPS) is 21.8. The zero-order valence-corrected chi connectivity index (χ0v) is 23.8. The number of aliphatic hydroxyl groups excluding tert-OH is 2. The Hall–Kier alpha value is -2.61. The fourth-order valence-corrected chi connectivity index (χ4v) is 5.38. The third-order valence-corrected chi connectivity index (χ3v) is 8.00. The Bertz CT molecular complexity index is 1070. The number of hydrogen-bond acceptors (Lipinski definition) is 6. The number of aliphatic hydroxyl groups is 2. The highest BCUT2D eigenvalue weighted by molar-refractivity contribution is 5.97. The monoisotopic (exact) mass is 538 g/mol. The minimum atomic E-state index is -1.05. The number of aryl methyl sites for hydroxylation is 1. The molecule has 0 bridgehead atoms. The average Bonchev–Trinajstić information content (AvgIpc) is 2.88. The number of carbonyl (C=O) groups excluding carboxylic acids is 1. The van der Waals surface area contributed by atoms with Crippen LogP contribution in [0.15, 0.2) is 42.5 Å². The highest BCUT2D eigenvalue weighted by Crippen LogP contribution is 2.31. The Morgan fingerprint density at radius 1 is 1.00 bits per heavy atom. The highest BCUT2D eigenvalue weighted by Gasteiger charge is 2.29. The van der Waals surface area contributed by atoms with Gasteiger partial charge in [-0.3, -0.25) is 9.69 Å². The molecule has 1 amide bonds. The molecule has 7 nitrogen and oxygen atoms in total. The molecule has 39 heavy (non-hydrogen) atoms. The molecule has 2 atom stereocenters. The second-order valence-corrected chi connectivity index (χ2v) is 11.4. The minimum Gasteiger partial charge on any atom is -0.491 e. The van der Waals surface area contributed by atoms with Crippen LogP contribution >= 0.6 is 0 Å². The van der Waals surface area contributed by atoms with Gasteiger partial charge in [0.2, 0.25) is 0 Å². The molecule has 1 fully saturated rings. The van der Waals surface area contributed by atoms with E-state index in [0.717, 1.165) is 74.9 Å². The second-order valence-electron chi connectivity index (χ2n) is 11.4. The summed E-state index contributed by atoms with van der Waals surface area (Å²) < 4.78 is 12.2. The number of carbonyl (C=O) groups is 1. The predicted octanol–water partition coefficient (Wildman–Crippen LogP) is 4.82. The number of rotatable bonds is 6. The summed E-state index contributed by atoms with van der Waals surface area (Å²) in [4.78, 5) is 17.5. The lowest BCUT2D eigenvalue weighted by Crippen LogP contribution is -2.41. The van der Waals surface area contributed by atoms with Gasteiger partial charge in [-0.05, 0) is 83.0 Å². The molecule has 2 N–H and O–H groups in total. The molecule has 214 valence electrons.